The van der Waals surface area contributed by atoms with E-state index in [1.807, 2.05) is 54.4 Å². The highest BCUT2D eigenvalue weighted by molar-refractivity contribution is 7.21. The maximum absolute atomic E-state index is 14.7. The molecule has 3 aromatic carbocycles. The number of halogens is 2. The Morgan fingerprint density at radius 2 is 1.69 bits per heavy atom. The van der Waals surface area contributed by atoms with Gasteiger partial charge in [0.2, 0.25) is 0 Å². The molecule has 0 atom stereocenters. The zero-order chi connectivity index (χ0) is 30.0. The van der Waals surface area contributed by atoms with E-state index in [2.05, 4.69) is 5.32 Å². The lowest BCUT2D eigenvalue weighted by molar-refractivity contribution is 0.0604. The summed E-state index contributed by atoms with van der Waals surface area (Å²) in [5.74, 6) is -0.0127. The van der Waals surface area contributed by atoms with Crippen LogP contribution in [0.3, 0.4) is 0 Å². The molecule has 1 aromatic heterocycles. The first kappa shape index (κ1) is 30.0. The number of benzene rings is 3. The van der Waals surface area contributed by atoms with Crippen LogP contribution in [0.1, 0.15) is 51.3 Å². The van der Waals surface area contributed by atoms with Gasteiger partial charge < -0.3 is 19.9 Å². The Morgan fingerprint density at radius 1 is 1.00 bits per heavy atom. The molecule has 0 aliphatic heterocycles. The van der Waals surface area contributed by atoms with Gasteiger partial charge in [-0.05, 0) is 80.3 Å². The number of amides is 2. The molecule has 0 unspecified atom stereocenters. The topological polar surface area (TPSA) is 61.9 Å². The average Bonchev–Trinajstić information content (AvgIpc) is 3.36. The first-order chi connectivity index (χ1) is 20.2. The quantitative estimate of drug-likeness (QED) is 0.229. The summed E-state index contributed by atoms with van der Waals surface area (Å²) in [6.45, 7) is 0.314. The van der Waals surface area contributed by atoms with Gasteiger partial charge in [-0.3, -0.25) is 9.59 Å². The largest absolute Gasteiger partial charge is 0.496 e. The van der Waals surface area contributed by atoms with Gasteiger partial charge >= 0.3 is 0 Å². The van der Waals surface area contributed by atoms with Crippen molar-refractivity contribution in [3.05, 3.63) is 87.5 Å². The number of hydrogen-bond donors (Lipinski definition) is 1. The van der Waals surface area contributed by atoms with Gasteiger partial charge in [0.1, 0.15) is 16.4 Å². The summed E-state index contributed by atoms with van der Waals surface area (Å²) in [5, 5.41) is 3.82. The molecule has 220 valence electrons. The number of carbonyl (C=O) groups is 2. The van der Waals surface area contributed by atoms with Crippen molar-refractivity contribution in [1.29, 1.82) is 0 Å². The van der Waals surface area contributed by atoms with Crippen molar-refractivity contribution in [2.24, 2.45) is 0 Å². The number of fused-ring (bicyclic) bond motifs is 1. The molecule has 0 spiro atoms. The monoisotopic (exact) mass is 607 g/mol. The molecule has 1 fully saturated rings. The number of nitrogens with one attached hydrogen (secondary N) is 1. The number of carbonyl (C=O) groups excluding carboxylic acids is 2. The maximum atomic E-state index is 14.7. The van der Waals surface area contributed by atoms with E-state index < -0.39 is 5.82 Å². The van der Waals surface area contributed by atoms with E-state index in [1.54, 1.807) is 38.2 Å². The first-order valence-electron chi connectivity index (χ1n) is 14.1. The molecule has 0 saturated heterocycles. The number of thiophene rings is 1. The molecule has 1 saturated carbocycles. The van der Waals surface area contributed by atoms with Gasteiger partial charge in [0.05, 0.1) is 12.1 Å². The van der Waals surface area contributed by atoms with Gasteiger partial charge in [0.15, 0.2) is 0 Å². The minimum Gasteiger partial charge on any atom is -0.496 e. The summed E-state index contributed by atoms with van der Waals surface area (Å²) in [6.07, 6.45) is 3.60. The molecule has 1 N–H and O–H groups in total. The van der Waals surface area contributed by atoms with Crippen LogP contribution in [0.2, 0.25) is 5.02 Å². The minimum absolute atomic E-state index is 0.00193. The molecule has 5 rings (SSSR count). The van der Waals surface area contributed by atoms with Crippen LogP contribution in [0, 0.1) is 5.82 Å². The summed E-state index contributed by atoms with van der Waals surface area (Å²) >= 11 is 7.90. The molecule has 2 amide bonds. The summed E-state index contributed by atoms with van der Waals surface area (Å²) in [5.41, 5.74) is 3.37. The first-order valence-corrected chi connectivity index (χ1v) is 15.2. The normalized spacial score (nSPS) is 16.8. The van der Waals surface area contributed by atoms with Crippen molar-refractivity contribution >= 4 is 44.8 Å². The third kappa shape index (κ3) is 6.02. The van der Waals surface area contributed by atoms with Crippen LogP contribution in [0.25, 0.3) is 21.2 Å². The van der Waals surface area contributed by atoms with Gasteiger partial charge in [-0.1, -0.05) is 35.9 Å². The minimum atomic E-state index is -0.429. The highest BCUT2D eigenvalue weighted by atomic mass is 35.5. The number of ether oxygens (including phenoxy) is 1. The fraction of sp³-hybridized carbons (Fsp3) is 0.333. The van der Waals surface area contributed by atoms with Gasteiger partial charge in [-0.25, -0.2) is 4.39 Å². The molecular formula is C33H35ClFN3O3S. The third-order valence-electron chi connectivity index (χ3n) is 8.10. The van der Waals surface area contributed by atoms with Crippen LogP contribution in [0.15, 0.2) is 60.7 Å². The molecule has 0 radical (unpaired) electrons. The number of rotatable bonds is 8. The zero-order valence-electron chi connectivity index (χ0n) is 24.2. The second kappa shape index (κ2) is 12.8. The predicted molar refractivity (Wildman–Crippen MR) is 168 cm³/mol. The van der Waals surface area contributed by atoms with E-state index in [4.69, 9.17) is 16.3 Å². The van der Waals surface area contributed by atoms with Crippen molar-refractivity contribution < 1.29 is 18.7 Å². The lowest BCUT2D eigenvalue weighted by Crippen LogP contribution is -2.44. The van der Waals surface area contributed by atoms with Gasteiger partial charge in [-0.15, -0.1) is 11.3 Å². The van der Waals surface area contributed by atoms with E-state index in [-0.39, 0.29) is 22.9 Å². The molecule has 1 aliphatic carbocycles. The zero-order valence-corrected chi connectivity index (χ0v) is 25.8. The smallest absolute Gasteiger partial charge is 0.266 e. The SMILES string of the molecule is CN[C@H]1CC[C@H](N(Cc2cc(-c3ccc(C(=O)N(C)C)cc3)ccc2OC)C(=O)c2sc3cccc(F)c3c2Cl)CC1. The van der Waals surface area contributed by atoms with Crippen LogP contribution in [0.4, 0.5) is 4.39 Å². The van der Waals surface area contributed by atoms with E-state index in [0.29, 0.717) is 38.9 Å². The van der Waals surface area contributed by atoms with E-state index in [0.717, 1.165) is 42.4 Å². The summed E-state index contributed by atoms with van der Waals surface area (Å²) < 4.78 is 21.1. The standard InChI is InChI=1S/C33H35ClFN3O3S/c1-36-24-13-15-25(16-14-24)38(33(40)31-30(34)29-26(35)6-5-7-28(29)42-31)19-23-18-22(12-17-27(23)41-4)20-8-10-21(11-9-20)32(39)37(2)3/h5-12,17-18,24-25,36H,13-16,19H2,1-4H3/t24-,25-. The molecule has 4 aromatic rings. The van der Waals surface area contributed by atoms with Crippen LogP contribution in [-0.4, -0.2) is 62.0 Å². The molecular weight excluding hydrogens is 573 g/mol. The third-order valence-corrected chi connectivity index (χ3v) is 9.73. The molecule has 1 aliphatic rings. The Hall–Kier alpha value is -3.46. The Morgan fingerprint density at radius 3 is 2.31 bits per heavy atom. The van der Waals surface area contributed by atoms with E-state index in [1.165, 1.54) is 17.4 Å². The summed E-state index contributed by atoms with van der Waals surface area (Å²) in [4.78, 5) is 30.4. The highest BCUT2D eigenvalue weighted by Crippen LogP contribution is 2.39. The van der Waals surface area contributed by atoms with Crippen LogP contribution >= 0.6 is 22.9 Å². The number of hydrogen-bond acceptors (Lipinski definition) is 5. The van der Waals surface area contributed by atoms with Crippen molar-refractivity contribution in [3.63, 3.8) is 0 Å². The highest BCUT2D eigenvalue weighted by Gasteiger charge is 2.32. The lowest BCUT2D eigenvalue weighted by Gasteiger charge is -2.37. The second-order valence-electron chi connectivity index (χ2n) is 10.9. The van der Waals surface area contributed by atoms with Crippen LogP contribution in [-0.2, 0) is 6.54 Å². The second-order valence-corrected chi connectivity index (χ2v) is 12.3. The number of nitrogens with zero attached hydrogens (tertiary/aromatic N) is 2. The lowest BCUT2D eigenvalue weighted by atomic mass is 9.89. The van der Waals surface area contributed by atoms with Crippen molar-refractivity contribution in [1.82, 2.24) is 15.1 Å². The van der Waals surface area contributed by atoms with Crippen molar-refractivity contribution in [2.75, 3.05) is 28.3 Å². The fourth-order valence-corrected chi connectivity index (χ4v) is 7.22. The fourth-order valence-electron chi connectivity index (χ4n) is 5.71. The molecule has 6 nitrogen and oxygen atoms in total. The molecule has 9 heteroatoms. The van der Waals surface area contributed by atoms with Crippen LogP contribution in [0.5, 0.6) is 5.75 Å². The van der Waals surface area contributed by atoms with Gasteiger partial charge in [0, 0.05) is 53.9 Å². The van der Waals surface area contributed by atoms with Gasteiger partial charge in [-0.2, -0.15) is 0 Å². The predicted octanol–water partition coefficient (Wildman–Crippen LogP) is 7.24. The Kier molecular flexibility index (Phi) is 9.16. The Balaban J connectivity index is 1.51. The Labute approximate surface area is 255 Å². The van der Waals surface area contributed by atoms with E-state index in [9.17, 15) is 14.0 Å². The summed E-state index contributed by atoms with van der Waals surface area (Å²) in [7, 11) is 7.05. The van der Waals surface area contributed by atoms with Gasteiger partial charge in [0.25, 0.3) is 11.8 Å². The summed E-state index contributed by atoms with van der Waals surface area (Å²) in [6, 6.07) is 18.6. The van der Waals surface area contributed by atoms with E-state index >= 15 is 0 Å². The molecule has 42 heavy (non-hydrogen) atoms. The number of methoxy groups -OCH3 is 1. The van der Waals surface area contributed by atoms with Crippen molar-refractivity contribution in [2.45, 2.75) is 44.3 Å². The maximum Gasteiger partial charge on any atom is 0.266 e. The van der Waals surface area contributed by atoms with Crippen LogP contribution < -0.4 is 10.1 Å². The van der Waals surface area contributed by atoms with Crippen molar-refractivity contribution in [3.8, 4) is 16.9 Å². The molecule has 0 bridgehead atoms. The Bertz CT molecular complexity index is 1600. The average molecular weight is 608 g/mol. The molecule has 1 heterocycles.